The van der Waals surface area contributed by atoms with Crippen molar-refractivity contribution in [2.75, 3.05) is 6.61 Å². The largest absolute Gasteiger partial charge is 0.492 e. The second kappa shape index (κ2) is 4.41. The van der Waals surface area contributed by atoms with Gasteiger partial charge in [0.15, 0.2) is 0 Å². The van der Waals surface area contributed by atoms with Crippen LogP contribution in [0.5, 0.6) is 5.75 Å². The molecule has 0 aliphatic carbocycles. The Morgan fingerprint density at radius 2 is 2.07 bits per heavy atom. The zero-order valence-electron chi connectivity index (χ0n) is 7.71. The second-order valence-electron chi connectivity index (χ2n) is 2.82. The zero-order valence-corrected chi connectivity index (χ0v) is 7.71. The summed E-state index contributed by atoms with van der Waals surface area (Å²) in [7, 11) is 0. The summed E-state index contributed by atoms with van der Waals surface area (Å²) in [5, 5.41) is 3.97. The summed E-state index contributed by atoms with van der Waals surface area (Å²) in [6.07, 6.45) is 3.19. The van der Waals surface area contributed by atoms with Crippen molar-refractivity contribution in [1.82, 2.24) is 14.8 Å². The van der Waals surface area contributed by atoms with Crippen LogP contribution in [0.2, 0.25) is 0 Å². The Morgan fingerprint density at radius 3 is 2.79 bits per heavy atom. The monoisotopic (exact) mass is 189 g/mol. The van der Waals surface area contributed by atoms with Gasteiger partial charge in [-0.3, -0.25) is 0 Å². The maximum atomic E-state index is 5.49. The molecule has 4 nitrogen and oxygen atoms in total. The van der Waals surface area contributed by atoms with Crippen molar-refractivity contribution in [3.05, 3.63) is 43.0 Å². The summed E-state index contributed by atoms with van der Waals surface area (Å²) in [5.41, 5.74) is 0. The molecule has 4 heteroatoms. The van der Waals surface area contributed by atoms with Crippen molar-refractivity contribution in [3.8, 4) is 5.75 Å². The van der Waals surface area contributed by atoms with Gasteiger partial charge in [0, 0.05) is 0 Å². The standard InChI is InChI=1S/C10H11N3O/c1-2-4-10(5-3-1)14-7-6-13-9-11-8-12-13/h1-5,8-9H,6-7H2. The van der Waals surface area contributed by atoms with Crippen LogP contribution in [0.15, 0.2) is 43.0 Å². The molecule has 0 amide bonds. The first-order valence-corrected chi connectivity index (χ1v) is 4.45. The average Bonchev–Trinajstić information content (AvgIpc) is 2.72. The Labute approximate surface area is 82.2 Å². The van der Waals surface area contributed by atoms with Crippen molar-refractivity contribution >= 4 is 0 Å². The third kappa shape index (κ3) is 2.32. The van der Waals surface area contributed by atoms with Crippen LogP contribution in [0.4, 0.5) is 0 Å². The Balaban J connectivity index is 1.79. The SMILES string of the molecule is c1ccc(OCCn2cncn2)cc1. The number of aromatic nitrogens is 3. The number of hydrogen-bond donors (Lipinski definition) is 0. The predicted molar refractivity (Wildman–Crippen MR) is 52.0 cm³/mol. The number of para-hydroxylation sites is 1. The van der Waals surface area contributed by atoms with Gasteiger partial charge in [-0.05, 0) is 12.1 Å². The van der Waals surface area contributed by atoms with Crippen molar-refractivity contribution in [2.45, 2.75) is 6.54 Å². The van der Waals surface area contributed by atoms with Gasteiger partial charge in [-0.25, -0.2) is 9.67 Å². The molecule has 14 heavy (non-hydrogen) atoms. The molecule has 0 aliphatic rings. The molecule has 0 unspecified atom stereocenters. The summed E-state index contributed by atoms with van der Waals surface area (Å²) < 4.78 is 7.23. The highest BCUT2D eigenvalue weighted by molar-refractivity contribution is 5.20. The van der Waals surface area contributed by atoms with Crippen molar-refractivity contribution in [2.24, 2.45) is 0 Å². The van der Waals surface area contributed by atoms with Crippen LogP contribution in [0.3, 0.4) is 0 Å². The molecular weight excluding hydrogens is 178 g/mol. The molecule has 0 N–H and O–H groups in total. The van der Waals surface area contributed by atoms with Gasteiger partial charge in [-0.15, -0.1) is 0 Å². The minimum absolute atomic E-state index is 0.605. The van der Waals surface area contributed by atoms with Gasteiger partial charge in [-0.1, -0.05) is 18.2 Å². The summed E-state index contributed by atoms with van der Waals surface area (Å²) in [5.74, 6) is 0.882. The fourth-order valence-electron chi connectivity index (χ4n) is 1.12. The first-order valence-electron chi connectivity index (χ1n) is 4.45. The Kier molecular flexibility index (Phi) is 2.76. The molecule has 0 radical (unpaired) electrons. The van der Waals surface area contributed by atoms with E-state index in [9.17, 15) is 0 Å². The minimum Gasteiger partial charge on any atom is -0.492 e. The van der Waals surface area contributed by atoms with Gasteiger partial charge < -0.3 is 4.74 Å². The van der Waals surface area contributed by atoms with Crippen LogP contribution in [0.25, 0.3) is 0 Å². The molecule has 1 aromatic carbocycles. The van der Waals surface area contributed by atoms with E-state index in [4.69, 9.17) is 4.74 Å². The molecule has 0 bridgehead atoms. The van der Waals surface area contributed by atoms with E-state index in [1.807, 2.05) is 30.3 Å². The first-order chi connectivity index (χ1) is 6.95. The van der Waals surface area contributed by atoms with E-state index >= 15 is 0 Å². The van der Waals surface area contributed by atoms with Gasteiger partial charge in [-0.2, -0.15) is 5.10 Å². The predicted octanol–water partition coefficient (Wildman–Crippen LogP) is 1.36. The van der Waals surface area contributed by atoms with E-state index in [0.717, 1.165) is 12.3 Å². The van der Waals surface area contributed by atoms with Gasteiger partial charge in [0.1, 0.15) is 25.0 Å². The summed E-state index contributed by atoms with van der Waals surface area (Å²) in [6.45, 7) is 1.32. The Morgan fingerprint density at radius 1 is 1.21 bits per heavy atom. The topological polar surface area (TPSA) is 39.9 Å². The quantitative estimate of drug-likeness (QED) is 0.729. The lowest BCUT2D eigenvalue weighted by atomic mass is 10.3. The fraction of sp³-hybridized carbons (Fsp3) is 0.200. The number of rotatable bonds is 4. The van der Waals surface area contributed by atoms with Gasteiger partial charge >= 0.3 is 0 Å². The van der Waals surface area contributed by atoms with Crippen molar-refractivity contribution < 1.29 is 4.74 Å². The molecule has 2 rings (SSSR count). The van der Waals surface area contributed by atoms with Gasteiger partial charge in [0.05, 0.1) is 6.54 Å². The van der Waals surface area contributed by atoms with E-state index in [0.29, 0.717) is 6.61 Å². The van der Waals surface area contributed by atoms with E-state index < -0.39 is 0 Å². The summed E-state index contributed by atoms with van der Waals surface area (Å²) in [4.78, 5) is 3.84. The van der Waals surface area contributed by atoms with E-state index in [1.165, 1.54) is 6.33 Å². The third-order valence-corrected chi connectivity index (χ3v) is 1.80. The molecule has 72 valence electrons. The number of benzene rings is 1. The summed E-state index contributed by atoms with van der Waals surface area (Å²) >= 11 is 0. The van der Waals surface area contributed by atoms with Crippen molar-refractivity contribution in [1.29, 1.82) is 0 Å². The number of nitrogens with zero attached hydrogens (tertiary/aromatic N) is 3. The van der Waals surface area contributed by atoms with Crippen LogP contribution in [-0.4, -0.2) is 21.4 Å². The molecule has 2 aromatic rings. The zero-order chi connectivity index (χ0) is 9.64. The molecule has 0 saturated carbocycles. The minimum atomic E-state index is 0.605. The van der Waals surface area contributed by atoms with Crippen LogP contribution in [-0.2, 0) is 6.54 Å². The first kappa shape index (κ1) is 8.74. The molecule has 0 saturated heterocycles. The van der Waals surface area contributed by atoms with Crippen LogP contribution in [0, 0.1) is 0 Å². The highest BCUT2D eigenvalue weighted by atomic mass is 16.5. The maximum absolute atomic E-state index is 5.49. The second-order valence-corrected chi connectivity index (χ2v) is 2.82. The Bertz CT molecular complexity index is 358. The molecule has 0 aliphatic heterocycles. The third-order valence-electron chi connectivity index (χ3n) is 1.80. The van der Waals surface area contributed by atoms with Crippen LogP contribution in [0.1, 0.15) is 0 Å². The van der Waals surface area contributed by atoms with Gasteiger partial charge in [0.2, 0.25) is 0 Å². The lowest BCUT2D eigenvalue weighted by molar-refractivity contribution is 0.291. The summed E-state index contributed by atoms with van der Waals surface area (Å²) in [6, 6.07) is 9.72. The van der Waals surface area contributed by atoms with E-state index in [2.05, 4.69) is 10.1 Å². The molecule has 1 heterocycles. The molecule has 0 atom stereocenters. The highest BCUT2D eigenvalue weighted by Crippen LogP contribution is 2.07. The van der Waals surface area contributed by atoms with E-state index in [-0.39, 0.29) is 0 Å². The van der Waals surface area contributed by atoms with Crippen LogP contribution >= 0.6 is 0 Å². The number of hydrogen-bond acceptors (Lipinski definition) is 3. The van der Waals surface area contributed by atoms with Gasteiger partial charge in [0.25, 0.3) is 0 Å². The number of ether oxygens (including phenoxy) is 1. The van der Waals surface area contributed by atoms with E-state index in [1.54, 1.807) is 11.0 Å². The normalized spacial score (nSPS) is 10.0. The Hall–Kier alpha value is -1.84. The smallest absolute Gasteiger partial charge is 0.137 e. The van der Waals surface area contributed by atoms with Crippen LogP contribution < -0.4 is 4.74 Å². The molecule has 0 fully saturated rings. The lowest BCUT2D eigenvalue weighted by Gasteiger charge is -2.04. The molecule has 0 spiro atoms. The average molecular weight is 189 g/mol. The lowest BCUT2D eigenvalue weighted by Crippen LogP contribution is -2.08. The molecular formula is C10H11N3O. The molecule has 1 aromatic heterocycles. The maximum Gasteiger partial charge on any atom is 0.137 e. The van der Waals surface area contributed by atoms with Crippen molar-refractivity contribution in [3.63, 3.8) is 0 Å². The highest BCUT2D eigenvalue weighted by Gasteiger charge is 1.93. The fourth-order valence-corrected chi connectivity index (χ4v) is 1.12.